The smallest absolute Gasteiger partial charge is 0.164 e. The lowest BCUT2D eigenvalue weighted by molar-refractivity contribution is 0.669. The van der Waals surface area contributed by atoms with E-state index in [0.717, 1.165) is 66.4 Å². The lowest BCUT2D eigenvalue weighted by atomic mass is 9.97. The quantitative estimate of drug-likeness (QED) is 0.154. The third-order valence-corrected chi connectivity index (χ3v) is 11.4. The summed E-state index contributed by atoms with van der Waals surface area (Å²) in [6, 6.07) is 78.3. The van der Waals surface area contributed by atoms with E-state index in [1.165, 1.54) is 27.8 Å². The second-order valence-corrected chi connectivity index (χ2v) is 15.2. The lowest BCUT2D eigenvalue weighted by Gasteiger charge is -2.12. The molecule has 0 fully saturated rings. The van der Waals surface area contributed by atoms with Crippen LogP contribution >= 0.6 is 0 Å². The van der Waals surface area contributed by atoms with Gasteiger partial charge in [0.05, 0.1) is 0 Å². The first kappa shape index (κ1) is 35.9. The van der Waals surface area contributed by atoms with E-state index < -0.39 is 0 Å². The summed E-state index contributed by atoms with van der Waals surface area (Å²) in [5.41, 5.74) is 16.1. The van der Waals surface area contributed by atoms with Crippen LogP contribution in [-0.2, 0) is 0 Å². The summed E-state index contributed by atoms with van der Waals surface area (Å²) in [7, 11) is 0. The maximum Gasteiger partial charge on any atom is 0.164 e. The molecule has 0 atom stereocenters. The van der Waals surface area contributed by atoms with Crippen molar-refractivity contribution in [1.29, 1.82) is 0 Å². The molecule has 0 aliphatic rings. The minimum absolute atomic E-state index is 0.624. The van der Waals surface area contributed by atoms with E-state index in [9.17, 15) is 0 Å². The minimum Gasteiger partial charge on any atom is -0.456 e. The van der Waals surface area contributed by atoms with Crippen LogP contribution in [0.5, 0.6) is 0 Å². The highest BCUT2D eigenvalue weighted by Crippen LogP contribution is 2.36. The van der Waals surface area contributed by atoms with Crippen molar-refractivity contribution in [3.63, 3.8) is 0 Å². The summed E-state index contributed by atoms with van der Waals surface area (Å²) >= 11 is 0. The number of fused-ring (bicyclic) bond motifs is 3. The van der Waals surface area contributed by atoms with Gasteiger partial charge in [0.1, 0.15) is 11.2 Å². The first-order chi connectivity index (χ1) is 30.2. The molecule has 0 unspecified atom stereocenters. The number of benzene rings is 9. The Balaban J connectivity index is 0.883. The highest BCUT2D eigenvalue weighted by Gasteiger charge is 2.16. The van der Waals surface area contributed by atoms with Crippen LogP contribution < -0.4 is 0 Å². The maximum atomic E-state index is 6.05. The number of hydrogen-bond donors (Lipinski definition) is 0. The highest BCUT2D eigenvalue weighted by atomic mass is 16.3. The molecule has 286 valence electrons. The average Bonchev–Trinajstić information content (AvgIpc) is 3.73. The zero-order chi connectivity index (χ0) is 40.5. The highest BCUT2D eigenvalue weighted by molar-refractivity contribution is 6.06. The summed E-state index contributed by atoms with van der Waals surface area (Å²) < 4.78 is 6.05. The zero-order valence-corrected chi connectivity index (χ0v) is 33.1. The van der Waals surface area contributed by atoms with Crippen molar-refractivity contribution in [2.24, 2.45) is 0 Å². The van der Waals surface area contributed by atoms with Gasteiger partial charge >= 0.3 is 0 Å². The van der Waals surface area contributed by atoms with Gasteiger partial charge in [0.2, 0.25) is 0 Å². The monoisotopic (exact) mass is 779 g/mol. The van der Waals surface area contributed by atoms with Gasteiger partial charge in [0.15, 0.2) is 17.5 Å². The summed E-state index contributed by atoms with van der Waals surface area (Å²) in [6.07, 6.45) is 0. The molecule has 0 saturated carbocycles. The van der Waals surface area contributed by atoms with Gasteiger partial charge in [-0.1, -0.05) is 206 Å². The van der Waals surface area contributed by atoms with Crippen molar-refractivity contribution in [3.05, 3.63) is 224 Å². The van der Waals surface area contributed by atoms with Crippen LogP contribution in [0.1, 0.15) is 0 Å². The van der Waals surface area contributed by atoms with Gasteiger partial charge in [-0.05, 0) is 73.8 Å². The van der Waals surface area contributed by atoms with Crippen molar-refractivity contribution in [2.75, 3.05) is 0 Å². The second kappa shape index (κ2) is 15.5. The fraction of sp³-hybridized carbons (Fsp3) is 0. The molecule has 2 heterocycles. The van der Waals surface area contributed by atoms with Crippen molar-refractivity contribution in [3.8, 4) is 89.8 Å². The fourth-order valence-corrected chi connectivity index (χ4v) is 8.17. The summed E-state index contributed by atoms with van der Waals surface area (Å²) in [4.78, 5) is 15.3. The molecule has 0 amide bonds. The SMILES string of the molecule is c1ccc(-c2ccc(-c3nc(-c4ccc(-c5ccc(-c6ccc(-c7ccc8oc9ccccc9c8c7)cc6)cc5)cc4)nc(-c4ccccc4-c4ccccc4)n3)cc2)cc1. The summed E-state index contributed by atoms with van der Waals surface area (Å²) in [6.45, 7) is 0. The predicted molar refractivity (Wildman–Crippen MR) is 251 cm³/mol. The van der Waals surface area contributed by atoms with E-state index in [1.54, 1.807) is 0 Å². The van der Waals surface area contributed by atoms with Crippen molar-refractivity contribution in [1.82, 2.24) is 15.0 Å². The van der Waals surface area contributed by atoms with Crippen molar-refractivity contribution < 1.29 is 4.42 Å². The van der Waals surface area contributed by atoms with Crippen LogP contribution in [0.2, 0.25) is 0 Å². The molecule has 11 rings (SSSR count). The first-order valence-electron chi connectivity index (χ1n) is 20.5. The van der Waals surface area contributed by atoms with Gasteiger partial charge in [0, 0.05) is 27.5 Å². The summed E-state index contributed by atoms with van der Waals surface area (Å²) in [5, 5.41) is 2.28. The molecular weight excluding hydrogens is 743 g/mol. The third kappa shape index (κ3) is 7.07. The normalized spacial score (nSPS) is 11.3. The zero-order valence-electron chi connectivity index (χ0n) is 33.1. The Bertz CT molecular complexity index is 3300. The van der Waals surface area contributed by atoms with Crippen LogP contribution in [0.3, 0.4) is 0 Å². The number of furan rings is 1. The van der Waals surface area contributed by atoms with Gasteiger partial charge in [-0.15, -0.1) is 0 Å². The van der Waals surface area contributed by atoms with E-state index in [4.69, 9.17) is 19.4 Å². The van der Waals surface area contributed by atoms with Crippen LogP contribution in [0.25, 0.3) is 112 Å². The molecule has 2 aromatic heterocycles. The molecule has 0 saturated heterocycles. The van der Waals surface area contributed by atoms with Gasteiger partial charge in [-0.3, -0.25) is 0 Å². The Hall–Kier alpha value is -8.21. The molecule has 4 heteroatoms. The molecule has 0 spiro atoms. The van der Waals surface area contributed by atoms with Crippen LogP contribution in [0, 0.1) is 0 Å². The number of hydrogen-bond acceptors (Lipinski definition) is 4. The summed E-state index contributed by atoms with van der Waals surface area (Å²) in [5.74, 6) is 1.88. The lowest BCUT2D eigenvalue weighted by Crippen LogP contribution is -2.01. The standard InChI is InChI=1S/C57H37N3O/c1-3-11-38(12-4-1)39-27-31-46(32-28-39)55-58-56(60-57(59-55)51-17-8-7-15-49(51)45-13-5-2-6-14-45)47-33-29-43(30-34-47)41-21-19-40(20-22-41)42-23-25-44(26-24-42)48-35-36-54-52(37-48)50-16-9-10-18-53(50)61-54/h1-37H. The molecule has 0 radical (unpaired) electrons. The topological polar surface area (TPSA) is 51.8 Å². The molecule has 0 N–H and O–H groups in total. The number of rotatable bonds is 8. The van der Waals surface area contributed by atoms with E-state index in [-0.39, 0.29) is 0 Å². The van der Waals surface area contributed by atoms with Crippen LogP contribution in [0.15, 0.2) is 229 Å². The Morgan fingerprint density at radius 2 is 0.590 bits per heavy atom. The number of aromatic nitrogens is 3. The molecule has 4 nitrogen and oxygen atoms in total. The van der Waals surface area contributed by atoms with Gasteiger partial charge < -0.3 is 4.42 Å². The largest absolute Gasteiger partial charge is 0.456 e. The third-order valence-electron chi connectivity index (χ3n) is 11.4. The Morgan fingerprint density at radius 1 is 0.230 bits per heavy atom. The van der Waals surface area contributed by atoms with Gasteiger partial charge in [-0.25, -0.2) is 15.0 Å². The van der Waals surface area contributed by atoms with E-state index >= 15 is 0 Å². The van der Waals surface area contributed by atoms with Gasteiger partial charge in [0.25, 0.3) is 0 Å². The average molecular weight is 780 g/mol. The van der Waals surface area contributed by atoms with Crippen molar-refractivity contribution >= 4 is 21.9 Å². The first-order valence-corrected chi connectivity index (χ1v) is 20.5. The van der Waals surface area contributed by atoms with Gasteiger partial charge in [-0.2, -0.15) is 0 Å². The van der Waals surface area contributed by atoms with E-state index in [1.807, 2.05) is 30.3 Å². The Morgan fingerprint density at radius 3 is 1.13 bits per heavy atom. The molecule has 0 aliphatic carbocycles. The molecular formula is C57H37N3O. The molecule has 0 bridgehead atoms. The predicted octanol–water partition coefficient (Wildman–Crippen LogP) is 15.1. The molecule has 61 heavy (non-hydrogen) atoms. The van der Waals surface area contributed by atoms with E-state index in [0.29, 0.717) is 17.5 Å². The molecule has 11 aromatic rings. The molecule has 9 aromatic carbocycles. The fourth-order valence-electron chi connectivity index (χ4n) is 8.17. The maximum absolute atomic E-state index is 6.05. The Labute approximate surface area is 354 Å². The van der Waals surface area contributed by atoms with Crippen molar-refractivity contribution in [2.45, 2.75) is 0 Å². The minimum atomic E-state index is 0.624. The van der Waals surface area contributed by atoms with Crippen LogP contribution in [0.4, 0.5) is 0 Å². The molecule has 0 aliphatic heterocycles. The van der Waals surface area contributed by atoms with E-state index in [2.05, 4.69) is 194 Å². The Kier molecular flexibility index (Phi) is 9.14. The number of para-hydroxylation sites is 1. The van der Waals surface area contributed by atoms with Crippen LogP contribution in [-0.4, -0.2) is 15.0 Å². The number of nitrogens with zero attached hydrogens (tertiary/aromatic N) is 3. The second-order valence-electron chi connectivity index (χ2n) is 15.2.